The summed E-state index contributed by atoms with van der Waals surface area (Å²) in [5, 5.41) is 9.15. The fraction of sp³-hybridized carbons (Fsp3) is 0.500. The van der Waals surface area contributed by atoms with Gasteiger partial charge < -0.3 is 10.0 Å². The van der Waals surface area contributed by atoms with Crippen LogP contribution in [0, 0.1) is 5.92 Å². The lowest BCUT2D eigenvalue weighted by molar-refractivity contribution is -0.155. The van der Waals surface area contributed by atoms with Crippen LogP contribution < -0.4 is 0 Å². The number of carbonyl (C=O) groups is 2. The summed E-state index contributed by atoms with van der Waals surface area (Å²) in [6, 6.07) is 10.2. The molecule has 108 valence electrons. The van der Waals surface area contributed by atoms with E-state index in [0.717, 1.165) is 6.42 Å². The molecule has 0 bridgehead atoms. The first-order valence-electron chi connectivity index (χ1n) is 6.89. The SMILES string of the molecule is CN(C(=O)C[C@@H]1C[C@H]1c1ccccc1)C(C)(C)C(=O)O. The minimum Gasteiger partial charge on any atom is -0.480 e. The van der Waals surface area contributed by atoms with Crippen molar-refractivity contribution < 1.29 is 14.7 Å². The van der Waals surface area contributed by atoms with E-state index in [4.69, 9.17) is 5.11 Å². The Labute approximate surface area is 119 Å². The molecule has 0 heterocycles. The minimum absolute atomic E-state index is 0.0965. The third-order valence-corrected chi connectivity index (χ3v) is 4.32. The van der Waals surface area contributed by atoms with E-state index in [1.807, 2.05) is 18.2 Å². The van der Waals surface area contributed by atoms with E-state index in [1.165, 1.54) is 10.5 Å². The van der Waals surface area contributed by atoms with Gasteiger partial charge in [0.2, 0.25) is 5.91 Å². The number of hydrogen-bond donors (Lipinski definition) is 1. The summed E-state index contributed by atoms with van der Waals surface area (Å²) in [6.45, 7) is 3.10. The number of carboxylic acid groups (broad SMARTS) is 1. The first-order valence-corrected chi connectivity index (χ1v) is 6.89. The van der Waals surface area contributed by atoms with Crippen molar-refractivity contribution >= 4 is 11.9 Å². The van der Waals surface area contributed by atoms with E-state index in [1.54, 1.807) is 20.9 Å². The highest BCUT2D eigenvalue weighted by Crippen LogP contribution is 2.49. The van der Waals surface area contributed by atoms with Gasteiger partial charge in [0.15, 0.2) is 0 Å². The highest BCUT2D eigenvalue weighted by molar-refractivity contribution is 5.86. The Hall–Kier alpha value is -1.84. The average molecular weight is 275 g/mol. The summed E-state index contributed by atoms with van der Waals surface area (Å²) < 4.78 is 0. The number of benzene rings is 1. The van der Waals surface area contributed by atoms with Crippen LogP contribution in [-0.2, 0) is 9.59 Å². The standard InChI is InChI=1S/C16H21NO3/c1-16(2,15(19)20)17(3)14(18)10-12-9-13(12)11-7-5-4-6-8-11/h4-8,12-13H,9-10H2,1-3H3,(H,19,20)/t12-,13-/m0/s1. The predicted octanol–water partition coefficient (Wildman–Crippen LogP) is 2.50. The van der Waals surface area contributed by atoms with E-state index < -0.39 is 11.5 Å². The number of likely N-dealkylation sites (N-methyl/N-ethyl adjacent to an activating group) is 1. The van der Waals surface area contributed by atoms with Crippen LogP contribution in [0.3, 0.4) is 0 Å². The number of hydrogen-bond acceptors (Lipinski definition) is 2. The molecular formula is C16H21NO3. The molecule has 4 heteroatoms. The summed E-state index contributed by atoms with van der Waals surface area (Å²) >= 11 is 0. The average Bonchev–Trinajstić information content (AvgIpc) is 3.17. The molecule has 1 fully saturated rings. The van der Waals surface area contributed by atoms with Gasteiger partial charge in [-0.2, -0.15) is 0 Å². The molecule has 0 unspecified atom stereocenters. The molecule has 1 aliphatic rings. The van der Waals surface area contributed by atoms with Crippen molar-refractivity contribution in [1.82, 2.24) is 4.90 Å². The summed E-state index contributed by atoms with van der Waals surface area (Å²) in [4.78, 5) is 24.7. The first-order chi connectivity index (χ1) is 9.34. The molecule has 0 spiro atoms. The number of carboxylic acids is 1. The molecule has 0 saturated heterocycles. The largest absolute Gasteiger partial charge is 0.480 e. The maximum Gasteiger partial charge on any atom is 0.329 e. The molecule has 2 atom stereocenters. The molecule has 20 heavy (non-hydrogen) atoms. The molecule has 1 amide bonds. The molecule has 1 aromatic rings. The summed E-state index contributed by atoms with van der Waals surface area (Å²) in [6.07, 6.45) is 1.43. The van der Waals surface area contributed by atoms with Crippen LogP contribution in [0.1, 0.15) is 38.2 Å². The van der Waals surface area contributed by atoms with Crippen molar-refractivity contribution in [2.75, 3.05) is 7.05 Å². The molecule has 1 aliphatic carbocycles. The minimum atomic E-state index is -1.16. The summed E-state index contributed by atoms with van der Waals surface area (Å²) in [5.41, 5.74) is 0.110. The highest BCUT2D eigenvalue weighted by Gasteiger charge is 2.42. The lowest BCUT2D eigenvalue weighted by atomic mass is 10.0. The second-order valence-electron chi connectivity index (χ2n) is 6.03. The fourth-order valence-corrected chi connectivity index (χ4v) is 2.40. The van der Waals surface area contributed by atoms with Crippen molar-refractivity contribution in [2.45, 2.75) is 38.1 Å². The Morgan fingerprint density at radius 3 is 2.45 bits per heavy atom. The van der Waals surface area contributed by atoms with E-state index in [0.29, 0.717) is 18.3 Å². The molecule has 0 aliphatic heterocycles. The lowest BCUT2D eigenvalue weighted by Crippen LogP contribution is -2.50. The van der Waals surface area contributed by atoms with Gasteiger partial charge >= 0.3 is 5.97 Å². The maximum atomic E-state index is 12.2. The first kappa shape index (κ1) is 14.6. The van der Waals surface area contributed by atoms with Gasteiger partial charge in [-0.05, 0) is 37.7 Å². The molecule has 1 aromatic carbocycles. The number of rotatable bonds is 5. The van der Waals surface area contributed by atoms with Gasteiger partial charge in [-0.3, -0.25) is 4.79 Å². The Morgan fingerprint density at radius 1 is 1.30 bits per heavy atom. The molecule has 4 nitrogen and oxygen atoms in total. The van der Waals surface area contributed by atoms with Gasteiger partial charge in [0.25, 0.3) is 0 Å². The van der Waals surface area contributed by atoms with Gasteiger partial charge in [0.1, 0.15) is 5.54 Å². The van der Waals surface area contributed by atoms with Crippen molar-refractivity contribution in [3.8, 4) is 0 Å². The van der Waals surface area contributed by atoms with Crippen LogP contribution in [0.2, 0.25) is 0 Å². The van der Waals surface area contributed by atoms with Crippen molar-refractivity contribution in [3.05, 3.63) is 35.9 Å². The van der Waals surface area contributed by atoms with Crippen LogP contribution in [0.15, 0.2) is 30.3 Å². The summed E-state index contributed by atoms with van der Waals surface area (Å²) in [7, 11) is 1.57. The molecule has 1 N–H and O–H groups in total. The zero-order chi connectivity index (χ0) is 14.9. The highest BCUT2D eigenvalue weighted by atomic mass is 16.4. The van der Waals surface area contributed by atoms with Crippen LogP contribution in [0.25, 0.3) is 0 Å². The maximum absolute atomic E-state index is 12.2. The topological polar surface area (TPSA) is 57.6 Å². The molecule has 2 rings (SSSR count). The van der Waals surface area contributed by atoms with Crippen molar-refractivity contribution in [1.29, 1.82) is 0 Å². The third-order valence-electron chi connectivity index (χ3n) is 4.32. The van der Waals surface area contributed by atoms with E-state index in [2.05, 4.69) is 12.1 Å². The van der Waals surface area contributed by atoms with Crippen LogP contribution in [-0.4, -0.2) is 34.5 Å². The fourth-order valence-electron chi connectivity index (χ4n) is 2.40. The number of aliphatic carboxylic acids is 1. The normalized spacial score (nSPS) is 21.4. The quantitative estimate of drug-likeness (QED) is 0.898. The van der Waals surface area contributed by atoms with Crippen LogP contribution in [0.4, 0.5) is 0 Å². The zero-order valence-corrected chi connectivity index (χ0v) is 12.2. The summed E-state index contributed by atoms with van der Waals surface area (Å²) in [5.74, 6) is -0.289. The molecule has 1 saturated carbocycles. The van der Waals surface area contributed by atoms with Gasteiger partial charge in [-0.25, -0.2) is 4.79 Å². The van der Waals surface area contributed by atoms with E-state index >= 15 is 0 Å². The third kappa shape index (κ3) is 2.84. The zero-order valence-electron chi connectivity index (χ0n) is 12.2. The Balaban J connectivity index is 1.93. The molecule has 0 radical (unpaired) electrons. The van der Waals surface area contributed by atoms with Gasteiger partial charge in [0.05, 0.1) is 0 Å². The monoisotopic (exact) mass is 275 g/mol. The van der Waals surface area contributed by atoms with Crippen LogP contribution in [0.5, 0.6) is 0 Å². The van der Waals surface area contributed by atoms with E-state index in [-0.39, 0.29) is 5.91 Å². The van der Waals surface area contributed by atoms with Crippen molar-refractivity contribution in [3.63, 3.8) is 0 Å². The van der Waals surface area contributed by atoms with Gasteiger partial charge in [0, 0.05) is 13.5 Å². The predicted molar refractivity (Wildman–Crippen MR) is 76.4 cm³/mol. The Bertz CT molecular complexity index is 510. The second kappa shape index (κ2) is 5.27. The van der Waals surface area contributed by atoms with E-state index in [9.17, 15) is 9.59 Å². The number of nitrogens with zero attached hydrogens (tertiary/aromatic N) is 1. The van der Waals surface area contributed by atoms with Crippen molar-refractivity contribution in [2.24, 2.45) is 5.92 Å². The molecule has 0 aromatic heterocycles. The second-order valence-corrected chi connectivity index (χ2v) is 6.03. The lowest BCUT2D eigenvalue weighted by Gasteiger charge is -2.31. The van der Waals surface area contributed by atoms with Crippen LogP contribution >= 0.6 is 0 Å². The Kier molecular flexibility index (Phi) is 3.84. The number of amides is 1. The Morgan fingerprint density at radius 2 is 1.90 bits per heavy atom. The number of carbonyl (C=O) groups excluding carboxylic acids is 1. The van der Waals surface area contributed by atoms with Gasteiger partial charge in [-0.15, -0.1) is 0 Å². The molecular weight excluding hydrogens is 254 g/mol. The van der Waals surface area contributed by atoms with Gasteiger partial charge in [-0.1, -0.05) is 30.3 Å². The smallest absolute Gasteiger partial charge is 0.329 e.